The summed E-state index contributed by atoms with van der Waals surface area (Å²) in [6.45, 7) is 3.08. The molecule has 0 unspecified atom stereocenters. The van der Waals surface area contributed by atoms with Gasteiger partial charge in [-0.05, 0) is 18.3 Å². The summed E-state index contributed by atoms with van der Waals surface area (Å²) in [7, 11) is 1.79. The van der Waals surface area contributed by atoms with Gasteiger partial charge in [0.15, 0.2) is 5.11 Å². The van der Waals surface area contributed by atoms with Gasteiger partial charge < -0.3 is 10.2 Å². The third kappa shape index (κ3) is 3.96. The molecule has 2 N–H and O–H groups in total. The number of anilines is 1. The van der Waals surface area contributed by atoms with Crippen LogP contribution in [-0.4, -0.2) is 43.2 Å². The van der Waals surface area contributed by atoms with Crippen LogP contribution in [0.25, 0.3) is 0 Å². The van der Waals surface area contributed by atoms with E-state index in [0.29, 0.717) is 17.5 Å². The molecule has 1 fully saturated rings. The fraction of sp³-hybridized carbons (Fsp3) is 0.538. The van der Waals surface area contributed by atoms with Gasteiger partial charge in [0.1, 0.15) is 12.7 Å². The Hall–Kier alpha value is -1.57. The number of rotatable bonds is 1. The Bertz CT molecular complexity index is 489. The monoisotopic (exact) mass is 319 g/mol. The third-order valence-electron chi connectivity index (χ3n) is 3.46. The molecular weight excluding hydrogens is 301 g/mol. The highest BCUT2D eigenvalue weighted by atomic mass is 32.1. The summed E-state index contributed by atoms with van der Waals surface area (Å²) in [6, 6.07) is 2.58. The van der Waals surface area contributed by atoms with Crippen LogP contribution in [-0.2, 0) is 6.18 Å². The van der Waals surface area contributed by atoms with E-state index in [1.54, 1.807) is 7.05 Å². The molecule has 0 aromatic carbocycles. The van der Waals surface area contributed by atoms with Gasteiger partial charge >= 0.3 is 6.18 Å². The SMILES string of the molecule is CNC(=S)N1CCCN(c2ccc(C(F)(F)F)c[nH+]2)CC1. The van der Waals surface area contributed by atoms with Crippen molar-refractivity contribution in [2.75, 3.05) is 38.1 Å². The number of nitrogens with one attached hydrogen (secondary N) is 2. The van der Waals surface area contributed by atoms with Crippen LogP contribution in [0.5, 0.6) is 0 Å². The second kappa shape index (κ2) is 6.46. The molecule has 1 aliphatic heterocycles. The summed E-state index contributed by atoms with van der Waals surface area (Å²) < 4.78 is 37.6. The maximum Gasteiger partial charge on any atom is 0.419 e. The number of aromatic amines is 1. The molecule has 8 heteroatoms. The van der Waals surface area contributed by atoms with Crippen LogP contribution in [0.2, 0.25) is 0 Å². The topological polar surface area (TPSA) is 32.6 Å². The van der Waals surface area contributed by atoms with Gasteiger partial charge in [0, 0.05) is 26.1 Å². The molecule has 1 aliphatic rings. The fourth-order valence-corrected chi connectivity index (χ4v) is 2.49. The molecular formula is C13H18F3N4S+. The van der Waals surface area contributed by atoms with Gasteiger partial charge in [-0.15, -0.1) is 0 Å². The Kier molecular flexibility index (Phi) is 4.87. The van der Waals surface area contributed by atoms with E-state index >= 15 is 0 Å². The summed E-state index contributed by atoms with van der Waals surface area (Å²) >= 11 is 5.21. The zero-order valence-corrected chi connectivity index (χ0v) is 12.5. The molecule has 0 amide bonds. The first-order valence-electron chi connectivity index (χ1n) is 6.72. The Morgan fingerprint density at radius 3 is 2.57 bits per heavy atom. The highest BCUT2D eigenvalue weighted by Gasteiger charge is 2.32. The zero-order valence-electron chi connectivity index (χ0n) is 11.7. The number of pyridine rings is 1. The molecule has 116 valence electrons. The molecule has 1 aromatic rings. The van der Waals surface area contributed by atoms with E-state index in [-0.39, 0.29) is 0 Å². The smallest absolute Gasteiger partial charge is 0.366 e. The third-order valence-corrected chi connectivity index (χ3v) is 3.92. The second-order valence-electron chi connectivity index (χ2n) is 4.84. The quantitative estimate of drug-likeness (QED) is 0.796. The molecule has 2 rings (SSSR count). The average Bonchev–Trinajstić information content (AvgIpc) is 2.71. The summed E-state index contributed by atoms with van der Waals surface area (Å²) in [5.74, 6) is 0.695. The number of thiocarbonyl (C=S) groups is 1. The normalized spacial score (nSPS) is 16.6. The first-order valence-corrected chi connectivity index (χ1v) is 7.13. The van der Waals surface area contributed by atoms with E-state index in [0.717, 1.165) is 38.3 Å². The highest BCUT2D eigenvalue weighted by Crippen LogP contribution is 2.28. The van der Waals surface area contributed by atoms with Crippen molar-refractivity contribution in [2.45, 2.75) is 12.6 Å². The molecule has 4 nitrogen and oxygen atoms in total. The van der Waals surface area contributed by atoms with Gasteiger partial charge in [0.05, 0.1) is 18.7 Å². The Balaban J connectivity index is 2.04. The minimum Gasteiger partial charge on any atom is -0.366 e. The summed E-state index contributed by atoms with van der Waals surface area (Å²) in [5.41, 5.74) is -0.668. The van der Waals surface area contributed by atoms with Crippen LogP contribution in [0.1, 0.15) is 12.0 Å². The molecule has 0 bridgehead atoms. The molecule has 1 aromatic heterocycles. The van der Waals surface area contributed by atoms with E-state index in [2.05, 4.69) is 15.2 Å². The first-order chi connectivity index (χ1) is 9.91. The molecule has 0 aliphatic carbocycles. The molecule has 0 atom stereocenters. The van der Waals surface area contributed by atoms with E-state index in [9.17, 15) is 13.2 Å². The predicted molar refractivity (Wildman–Crippen MR) is 78.1 cm³/mol. The van der Waals surface area contributed by atoms with Crippen molar-refractivity contribution >= 4 is 23.1 Å². The number of alkyl halides is 3. The minimum absolute atomic E-state index is 0.668. The minimum atomic E-state index is -4.32. The largest absolute Gasteiger partial charge is 0.419 e. The van der Waals surface area contributed by atoms with Crippen LogP contribution < -0.4 is 15.2 Å². The lowest BCUT2D eigenvalue weighted by Crippen LogP contribution is -2.40. The molecule has 2 heterocycles. The van der Waals surface area contributed by atoms with Crippen LogP contribution in [0.15, 0.2) is 18.3 Å². The van der Waals surface area contributed by atoms with Gasteiger partial charge in [0.25, 0.3) is 5.82 Å². The zero-order chi connectivity index (χ0) is 15.5. The number of aromatic nitrogens is 1. The van der Waals surface area contributed by atoms with Crippen molar-refractivity contribution < 1.29 is 18.2 Å². The van der Waals surface area contributed by atoms with Gasteiger partial charge in [0.2, 0.25) is 0 Å². The molecule has 0 radical (unpaired) electrons. The van der Waals surface area contributed by atoms with Crippen molar-refractivity contribution in [2.24, 2.45) is 0 Å². The van der Waals surface area contributed by atoms with Crippen LogP contribution in [0.3, 0.4) is 0 Å². The lowest BCUT2D eigenvalue weighted by atomic mass is 10.2. The van der Waals surface area contributed by atoms with Crippen molar-refractivity contribution in [3.05, 3.63) is 23.9 Å². The Morgan fingerprint density at radius 2 is 2.00 bits per heavy atom. The second-order valence-corrected chi connectivity index (χ2v) is 5.23. The van der Waals surface area contributed by atoms with Gasteiger partial charge in [-0.3, -0.25) is 4.90 Å². The van der Waals surface area contributed by atoms with Crippen molar-refractivity contribution in [1.29, 1.82) is 0 Å². The van der Waals surface area contributed by atoms with Crippen molar-refractivity contribution in [3.63, 3.8) is 0 Å². The van der Waals surface area contributed by atoms with E-state index in [4.69, 9.17) is 12.2 Å². The highest BCUT2D eigenvalue weighted by molar-refractivity contribution is 7.80. The van der Waals surface area contributed by atoms with E-state index in [1.165, 1.54) is 6.07 Å². The number of halogens is 3. The first kappa shape index (κ1) is 15.8. The van der Waals surface area contributed by atoms with Gasteiger partial charge in [-0.2, -0.15) is 13.2 Å². The lowest BCUT2D eigenvalue weighted by Gasteiger charge is -2.21. The summed E-state index contributed by atoms with van der Waals surface area (Å²) in [6.07, 6.45) is -2.41. The maximum atomic E-state index is 12.5. The molecule has 0 saturated carbocycles. The Labute approximate surface area is 126 Å². The van der Waals surface area contributed by atoms with Crippen LogP contribution in [0.4, 0.5) is 19.0 Å². The Morgan fingerprint density at radius 1 is 1.24 bits per heavy atom. The molecule has 21 heavy (non-hydrogen) atoms. The van der Waals surface area contributed by atoms with Crippen molar-refractivity contribution in [3.8, 4) is 0 Å². The maximum absolute atomic E-state index is 12.5. The average molecular weight is 319 g/mol. The van der Waals surface area contributed by atoms with Gasteiger partial charge in [-0.1, -0.05) is 0 Å². The summed E-state index contributed by atoms with van der Waals surface area (Å²) in [5, 5.41) is 3.65. The molecule has 1 saturated heterocycles. The standard InChI is InChI=1S/C13H17F3N4S/c1-17-12(21)20-6-2-5-19(7-8-20)11-4-3-10(9-18-11)13(14,15)16/h3-4,9H,2,5-8H2,1H3,(H,17,21)/p+1. The van der Waals surface area contributed by atoms with Crippen LogP contribution in [0, 0.1) is 0 Å². The fourth-order valence-electron chi connectivity index (χ4n) is 2.31. The van der Waals surface area contributed by atoms with E-state index < -0.39 is 11.7 Å². The lowest BCUT2D eigenvalue weighted by molar-refractivity contribution is -0.367. The number of nitrogens with zero attached hydrogens (tertiary/aromatic N) is 2. The van der Waals surface area contributed by atoms with Gasteiger partial charge in [-0.25, -0.2) is 4.98 Å². The molecule has 0 spiro atoms. The van der Waals surface area contributed by atoms with E-state index in [1.807, 2.05) is 4.90 Å². The number of hydrogen-bond acceptors (Lipinski definition) is 2. The van der Waals surface area contributed by atoms with Crippen LogP contribution >= 0.6 is 12.2 Å². The number of hydrogen-bond donors (Lipinski definition) is 1. The predicted octanol–water partition coefficient (Wildman–Crippen LogP) is 1.54. The summed E-state index contributed by atoms with van der Waals surface area (Å²) in [4.78, 5) is 6.85. The number of H-pyrrole nitrogens is 1. The van der Waals surface area contributed by atoms with Crippen molar-refractivity contribution in [1.82, 2.24) is 10.2 Å².